The normalized spacial score (nSPS) is 11.5. The molecule has 0 aliphatic carbocycles. The van der Waals surface area contributed by atoms with Gasteiger partial charge in [0.2, 0.25) is 0 Å². The first-order valence-corrected chi connectivity index (χ1v) is 10.2. The number of rotatable bonds is 21. The number of hydrogen-bond acceptors (Lipinski definition) is 5. The van der Waals surface area contributed by atoms with Gasteiger partial charge < -0.3 is 24.1 Å². The van der Waals surface area contributed by atoms with Crippen LogP contribution in [0.25, 0.3) is 0 Å². The van der Waals surface area contributed by atoms with Gasteiger partial charge in [-0.25, -0.2) is 0 Å². The van der Waals surface area contributed by atoms with Crippen LogP contribution in [0.15, 0.2) is 0 Å². The zero-order valence-corrected chi connectivity index (χ0v) is 16.7. The minimum Gasteiger partial charge on any atom is -0.394 e. The molecule has 1 N–H and O–H groups in total. The molecule has 25 heavy (non-hydrogen) atoms. The lowest BCUT2D eigenvalue weighted by Gasteiger charge is -2.07. The number of aliphatic hydroxyl groups excluding tert-OH is 1. The Morgan fingerprint density at radius 1 is 0.520 bits per heavy atom. The third kappa shape index (κ3) is 23.8. The van der Waals surface area contributed by atoms with Crippen molar-refractivity contribution >= 4 is 0 Å². The van der Waals surface area contributed by atoms with E-state index in [1.807, 2.05) is 0 Å². The standard InChI is InChI=1S/C20H42O5/c1-20(2)10-8-6-4-3-5-7-9-12-22-14-16-24-18-19-25-17-15-23-13-11-21/h20-21H,3-19H2,1-2H3. The van der Waals surface area contributed by atoms with Crippen molar-refractivity contribution in [1.82, 2.24) is 0 Å². The van der Waals surface area contributed by atoms with Gasteiger partial charge in [-0.3, -0.25) is 0 Å². The molecule has 0 spiro atoms. The van der Waals surface area contributed by atoms with Crippen LogP contribution in [0.5, 0.6) is 0 Å². The molecule has 0 aromatic rings. The summed E-state index contributed by atoms with van der Waals surface area (Å²) >= 11 is 0. The largest absolute Gasteiger partial charge is 0.394 e. The number of ether oxygens (including phenoxy) is 4. The van der Waals surface area contributed by atoms with Crippen LogP contribution in [0.4, 0.5) is 0 Å². The molecule has 0 heterocycles. The molecule has 0 aromatic heterocycles. The zero-order valence-electron chi connectivity index (χ0n) is 16.7. The lowest BCUT2D eigenvalue weighted by atomic mass is 10.0. The number of aliphatic hydroxyl groups is 1. The topological polar surface area (TPSA) is 57.2 Å². The second-order valence-electron chi connectivity index (χ2n) is 6.83. The fourth-order valence-corrected chi connectivity index (χ4v) is 2.47. The predicted octanol–water partition coefficient (Wildman–Crippen LogP) is 3.82. The van der Waals surface area contributed by atoms with Crippen LogP contribution in [0.2, 0.25) is 0 Å². The fourth-order valence-electron chi connectivity index (χ4n) is 2.47. The van der Waals surface area contributed by atoms with E-state index >= 15 is 0 Å². The molecule has 0 saturated heterocycles. The van der Waals surface area contributed by atoms with E-state index in [9.17, 15) is 0 Å². The van der Waals surface area contributed by atoms with Gasteiger partial charge in [-0.2, -0.15) is 0 Å². The summed E-state index contributed by atoms with van der Waals surface area (Å²) in [6.45, 7) is 9.37. The van der Waals surface area contributed by atoms with Gasteiger partial charge in [0.25, 0.3) is 0 Å². The van der Waals surface area contributed by atoms with Crippen molar-refractivity contribution in [3.63, 3.8) is 0 Å². The second kappa shape index (κ2) is 21.8. The maximum Gasteiger partial charge on any atom is 0.0701 e. The van der Waals surface area contributed by atoms with Crippen molar-refractivity contribution in [2.45, 2.75) is 65.2 Å². The zero-order chi connectivity index (χ0) is 18.4. The maximum absolute atomic E-state index is 8.53. The number of unbranched alkanes of at least 4 members (excludes halogenated alkanes) is 6. The third-order valence-electron chi connectivity index (χ3n) is 3.92. The van der Waals surface area contributed by atoms with Crippen LogP contribution in [0, 0.1) is 5.92 Å². The van der Waals surface area contributed by atoms with E-state index < -0.39 is 0 Å². The van der Waals surface area contributed by atoms with E-state index in [-0.39, 0.29) is 6.61 Å². The molecule has 0 unspecified atom stereocenters. The van der Waals surface area contributed by atoms with Crippen LogP contribution in [0.3, 0.4) is 0 Å². The van der Waals surface area contributed by atoms with Crippen molar-refractivity contribution in [1.29, 1.82) is 0 Å². The minimum absolute atomic E-state index is 0.0571. The molecule has 0 aromatic carbocycles. The summed E-state index contributed by atoms with van der Waals surface area (Å²) in [5.41, 5.74) is 0. The molecule has 5 heteroatoms. The van der Waals surface area contributed by atoms with Crippen LogP contribution in [0.1, 0.15) is 65.2 Å². The van der Waals surface area contributed by atoms with Crippen LogP contribution >= 0.6 is 0 Å². The monoisotopic (exact) mass is 362 g/mol. The van der Waals surface area contributed by atoms with Gasteiger partial charge in [0.15, 0.2) is 0 Å². The molecule has 152 valence electrons. The lowest BCUT2D eigenvalue weighted by Crippen LogP contribution is -2.12. The van der Waals surface area contributed by atoms with Gasteiger partial charge in [-0.15, -0.1) is 0 Å². The Balaban J connectivity index is 2.96. The van der Waals surface area contributed by atoms with Gasteiger partial charge in [0.05, 0.1) is 52.9 Å². The van der Waals surface area contributed by atoms with Gasteiger partial charge in [-0.05, 0) is 12.3 Å². The van der Waals surface area contributed by atoms with Crippen molar-refractivity contribution in [3.8, 4) is 0 Å². The molecule has 0 saturated carbocycles. The van der Waals surface area contributed by atoms with Crippen molar-refractivity contribution < 1.29 is 24.1 Å². The third-order valence-corrected chi connectivity index (χ3v) is 3.92. The number of hydrogen-bond donors (Lipinski definition) is 1. The van der Waals surface area contributed by atoms with E-state index in [0.29, 0.717) is 46.2 Å². The highest BCUT2D eigenvalue weighted by molar-refractivity contribution is 4.49. The molecular formula is C20H42O5. The molecule has 0 atom stereocenters. The quantitative estimate of drug-likeness (QED) is 0.315. The van der Waals surface area contributed by atoms with Gasteiger partial charge in [0.1, 0.15) is 0 Å². The average molecular weight is 363 g/mol. The summed E-state index contributed by atoms with van der Waals surface area (Å²) in [6.07, 6.45) is 10.7. The Kier molecular flexibility index (Phi) is 21.7. The first-order valence-electron chi connectivity index (χ1n) is 10.2. The highest BCUT2D eigenvalue weighted by Crippen LogP contribution is 2.11. The van der Waals surface area contributed by atoms with Crippen molar-refractivity contribution in [2.75, 3.05) is 59.5 Å². The van der Waals surface area contributed by atoms with E-state index in [0.717, 1.165) is 18.9 Å². The first-order chi connectivity index (χ1) is 12.3. The minimum atomic E-state index is 0.0571. The van der Waals surface area contributed by atoms with E-state index in [2.05, 4.69) is 13.8 Å². The first kappa shape index (κ1) is 24.8. The Morgan fingerprint density at radius 2 is 0.920 bits per heavy atom. The molecule has 0 fully saturated rings. The highest BCUT2D eigenvalue weighted by atomic mass is 16.6. The summed E-state index contributed by atoms with van der Waals surface area (Å²) in [7, 11) is 0. The summed E-state index contributed by atoms with van der Waals surface area (Å²) in [5, 5.41) is 8.53. The Bertz CT molecular complexity index is 236. The fraction of sp³-hybridized carbons (Fsp3) is 1.00. The highest BCUT2D eigenvalue weighted by Gasteiger charge is 1.96. The SMILES string of the molecule is CC(C)CCCCCCCCCOCCOCCOCCOCCO. The van der Waals surface area contributed by atoms with E-state index in [4.69, 9.17) is 24.1 Å². The predicted molar refractivity (Wildman–Crippen MR) is 102 cm³/mol. The van der Waals surface area contributed by atoms with Gasteiger partial charge in [-0.1, -0.05) is 58.8 Å². The molecule has 0 rings (SSSR count). The van der Waals surface area contributed by atoms with Gasteiger partial charge in [0, 0.05) is 6.61 Å². The smallest absolute Gasteiger partial charge is 0.0701 e. The summed E-state index contributed by atoms with van der Waals surface area (Å²) in [4.78, 5) is 0. The van der Waals surface area contributed by atoms with E-state index in [1.54, 1.807) is 0 Å². The Labute approximate surface area is 155 Å². The van der Waals surface area contributed by atoms with Crippen molar-refractivity contribution in [2.24, 2.45) is 5.92 Å². The lowest BCUT2D eigenvalue weighted by molar-refractivity contribution is -0.00577. The van der Waals surface area contributed by atoms with Crippen LogP contribution < -0.4 is 0 Å². The summed E-state index contributed by atoms with van der Waals surface area (Å²) in [6, 6.07) is 0. The maximum atomic E-state index is 8.53. The van der Waals surface area contributed by atoms with Crippen LogP contribution in [-0.2, 0) is 18.9 Å². The molecule has 0 aliphatic rings. The molecule has 5 nitrogen and oxygen atoms in total. The summed E-state index contributed by atoms with van der Waals surface area (Å²) < 4.78 is 21.4. The second-order valence-corrected chi connectivity index (χ2v) is 6.83. The Hall–Kier alpha value is -0.200. The molecule has 0 aliphatic heterocycles. The molecule has 0 bridgehead atoms. The van der Waals surface area contributed by atoms with Crippen LogP contribution in [-0.4, -0.2) is 64.6 Å². The summed E-state index contributed by atoms with van der Waals surface area (Å²) in [5.74, 6) is 0.852. The Morgan fingerprint density at radius 3 is 1.40 bits per heavy atom. The average Bonchev–Trinajstić information content (AvgIpc) is 2.60. The molecular weight excluding hydrogens is 320 g/mol. The van der Waals surface area contributed by atoms with Crippen molar-refractivity contribution in [3.05, 3.63) is 0 Å². The van der Waals surface area contributed by atoms with Gasteiger partial charge >= 0.3 is 0 Å². The molecule has 0 amide bonds. The molecule has 0 radical (unpaired) electrons. The van der Waals surface area contributed by atoms with E-state index in [1.165, 1.54) is 44.9 Å².